The first-order valence-electron chi connectivity index (χ1n) is 7.98. The molecule has 0 aliphatic heterocycles. The zero-order valence-electron chi connectivity index (χ0n) is 13.9. The van der Waals surface area contributed by atoms with Crippen LogP contribution >= 0.6 is 0 Å². The Labute approximate surface area is 134 Å². The van der Waals surface area contributed by atoms with Crippen LogP contribution in [0.5, 0.6) is 0 Å². The molecule has 3 aromatic carbocycles. The third kappa shape index (κ3) is 3.46. The molecule has 0 bridgehead atoms. The van der Waals surface area contributed by atoms with Crippen LogP contribution < -0.4 is 0 Å². The third-order valence-corrected chi connectivity index (χ3v) is 3.91. The van der Waals surface area contributed by atoms with Gasteiger partial charge >= 0.3 is 0 Å². The minimum absolute atomic E-state index is 1.26. The van der Waals surface area contributed by atoms with Gasteiger partial charge in [0.15, 0.2) is 0 Å². The van der Waals surface area contributed by atoms with Crippen molar-refractivity contribution in [3.63, 3.8) is 0 Å². The van der Waals surface area contributed by atoms with Crippen LogP contribution in [0.4, 0.5) is 0 Å². The molecule has 0 amide bonds. The number of hydrogen-bond donors (Lipinski definition) is 0. The summed E-state index contributed by atoms with van der Waals surface area (Å²) < 4.78 is 0. The van der Waals surface area contributed by atoms with E-state index < -0.39 is 0 Å². The predicted molar refractivity (Wildman–Crippen MR) is 98.1 cm³/mol. The average Bonchev–Trinajstić information content (AvgIpc) is 2.60. The average molecular weight is 288 g/mol. The van der Waals surface area contributed by atoms with Gasteiger partial charge in [-0.25, -0.2) is 0 Å². The Morgan fingerprint density at radius 1 is 0.500 bits per heavy atom. The van der Waals surface area contributed by atoms with Crippen molar-refractivity contribution in [1.29, 1.82) is 0 Å². The molecule has 0 aliphatic rings. The maximum absolute atomic E-state index is 2.21. The van der Waals surface area contributed by atoms with Crippen LogP contribution in [-0.2, 0) is 0 Å². The molecule has 0 aromatic heterocycles. The lowest BCUT2D eigenvalue weighted by atomic mass is 9.95. The van der Waals surface area contributed by atoms with Crippen molar-refractivity contribution in [2.45, 2.75) is 27.7 Å². The highest BCUT2D eigenvalue weighted by atomic mass is 14.1. The number of benzene rings is 3. The molecule has 0 heterocycles. The van der Waals surface area contributed by atoms with E-state index in [9.17, 15) is 0 Å². The maximum Gasteiger partial charge on any atom is -0.0152 e. The summed E-state index contributed by atoms with van der Waals surface area (Å²) >= 11 is 0. The molecule has 0 N–H and O–H groups in total. The quantitative estimate of drug-likeness (QED) is 0.494. The van der Waals surface area contributed by atoms with E-state index in [0.29, 0.717) is 0 Å². The fraction of sp³-hybridized carbons (Fsp3) is 0.182. The molecule has 0 spiro atoms. The minimum atomic E-state index is 1.26. The van der Waals surface area contributed by atoms with Crippen LogP contribution in [0.1, 0.15) is 25.0 Å². The summed E-state index contributed by atoms with van der Waals surface area (Å²) in [6.45, 7) is 8.35. The maximum atomic E-state index is 2.21. The SMILES string of the molecule is CC.Cc1cccc(-c2ccc(-c3ccccc3)cc2)c1C. The van der Waals surface area contributed by atoms with Gasteiger partial charge in [0.05, 0.1) is 0 Å². The van der Waals surface area contributed by atoms with Gasteiger partial charge in [0.2, 0.25) is 0 Å². The summed E-state index contributed by atoms with van der Waals surface area (Å²) in [6, 6.07) is 25.8. The first-order chi connectivity index (χ1) is 10.8. The lowest BCUT2D eigenvalue weighted by Crippen LogP contribution is -1.87. The lowest BCUT2D eigenvalue weighted by molar-refractivity contribution is 1.34. The van der Waals surface area contributed by atoms with Crippen molar-refractivity contribution in [3.8, 4) is 22.3 Å². The second-order valence-electron chi connectivity index (χ2n) is 5.19. The minimum Gasteiger partial charge on any atom is -0.0683 e. The first kappa shape index (κ1) is 16.0. The molecule has 112 valence electrons. The van der Waals surface area contributed by atoms with Crippen LogP contribution in [0.15, 0.2) is 72.8 Å². The Balaban J connectivity index is 0.000000847. The van der Waals surface area contributed by atoms with Crippen LogP contribution in [0.2, 0.25) is 0 Å². The summed E-state index contributed by atoms with van der Waals surface area (Å²) in [6.07, 6.45) is 0. The molecular weight excluding hydrogens is 264 g/mol. The summed E-state index contributed by atoms with van der Waals surface area (Å²) in [5, 5.41) is 0. The van der Waals surface area contributed by atoms with E-state index in [1.165, 1.54) is 33.4 Å². The Hall–Kier alpha value is -2.34. The van der Waals surface area contributed by atoms with Gasteiger partial charge in [0.25, 0.3) is 0 Å². The molecule has 0 saturated carbocycles. The van der Waals surface area contributed by atoms with E-state index in [4.69, 9.17) is 0 Å². The lowest BCUT2D eigenvalue weighted by Gasteiger charge is -2.09. The van der Waals surface area contributed by atoms with Gasteiger partial charge in [-0.1, -0.05) is 86.6 Å². The summed E-state index contributed by atoms with van der Waals surface area (Å²) in [5.41, 5.74) is 7.84. The smallest absolute Gasteiger partial charge is 0.0152 e. The van der Waals surface area contributed by atoms with E-state index in [-0.39, 0.29) is 0 Å². The van der Waals surface area contributed by atoms with Crippen LogP contribution in [0.3, 0.4) is 0 Å². The molecular formula is C22H24. The van der Waals surface area contributed by atoms with Gasteiger partial charge in [-0.15, -0.1) is 0 Å². The van der Waals surface area contributed by atoms with E-state index >= 15 is 0 Å². The highest BCUT2D eigenvalue weighted by Crippen LogP contribution is 2.28. The van der Waals surface area contributed by atoms with E-state index in [0.717, 1.165) is 0 Å². The van der Waals surface area contributed by atoms with Gasteiger partial charge in [-0.3, -0.25) is 0 Å². The molecule has 22 heavy (non-hydrogen) atoms. The van der Waals surface area contributed by atoms with Crippen LogP contribution in [-0.4, -0.2) is 0 Å². The second kappa shape index (κ2) is 7.61. The Morgan fingerprint density at radius 3 is 1.68 bits per heavy atom. The zero-order valence-corrected chi connectivity index (χ0v) is 13.9. The molecule has 0 heteroatoms. The normalized spacial score (nSPS) is 9.82. The third-order valence-electron chi connectivity index (χ3n) is 3.91. The first-order valence-corrected chi connectivity index (χ1v) is 7.98. The fourth-order valence-corrected chi connectivity index (χ4v) is 2.54. The molecule has 3 rings (SSSR count). The summed E-state index contributed by atoms with van der Waals surface area (Å²) in [5.74, 6) is 0. The summed E-state index contributed by atoms with van der Waals surface area (Å²) in [4.78, 5) is 0. The van der Waals surface area contributed by atoms with Gasteiger partial charge < -0.3 is 0 Å². The zero-order chi connectivity index (χ0) is 15.9. The van der Waals surface area contributed by atoms with Gasteiger partial charge in [0.1, 0.15) is 0 Å². The monoisotopic (exact) mass is 288 g/mol. The molecule has 0 nitrogen and oxygen atoms in total. The Bertz CT molecular complexity index is 707. The molecule has 0 atom stereocenters. The number of aryl methyl sites for hydroxylation is 1. The largest absolute Gasteiger partial charge is 0.0683 e. The molecule has 0 radical (unpaired) electrons. The second-order valence-corrected chi connectivity index (χ2v) is 5.19. The van der Waals surface area contributed by atoms with E-state index in [1.807, 2.05) is 19.9 Å². The topological polar surface area (TPSA) is 0 Å². The fourth-order valence-electron chi connectivity index (χ4n) is 2.54. The molecule has 0 unspecified atom stereocenters. The van der Waals surface area contributed by atoms with E-state index in [1.54, 1.807) is 0 Å². The van der Waals surface area contributed by atoms with Gasteiger partial charge in [0, 0.05) is 0 Å². The molecule has 0 fully saturated rings. The Kier molecular flexibility index (Phi) is 5.55. The summed E-state index contributed by atoms with van der Waals surface area (Å²) in [7, 11) is 0. The van der Waals surface area contributed by atoms with E-state index in [2.05, 4.69) is 80.6 Å². The van der Waals surface area contributed by atoms with Gasteiger partial charge in [-0.2, -0.15) is 0 Å². The highest BCUT2D eigenvalue weighted by molar-refractivity contribution is 5.72. The van der Waals surface area contributed by atoms with Crippen molar-refractivity contribution in [1.82, 2.24) is 0 Å². The Morgan fingerprint density at radius 2 is 1.05 bits per heavy atom. The number of hydrogen-bond acceptors (Lipinski definition) is 0. The molecule has 0 aliphatic carbocycles. The predicted octanol–water partition coefficient (Wildman–Crippen LogP) is 6.66. The standard InChI is InChI=1S/C20H18.C2H6/c1-15-7-6-10-20(16(15)2)19-13-11-18(12-14-19)17-8-4-3-5-9-17;1-2/h3-14H,1-2H3;1-2H3. The van der Waals surface area contributed by atoms with Crippen molar-refractivity contribution in [3.05, 3.63) is 83.9 Å². The van der Waals surface area contributed by atoms with Crippen molar-refractivity contribution in [2.24, 2.45) is 0 Å². The highest BCUT2D eigenvalue weighted by Gasteiger charge is 2.04. The van der Waals surface area contributed by atoms with Crippen molar-refractivity contribution in [2.75, 3.05) is 0 Å². The molecule has 0 saturated heterocycles. The van der Waals surface area contributed by atoms with Crippen molar-refractivity contribution < 1.29 is 0 Å². The van der Waals surface area contributed by atoms with Crippen molar-refractivity contribution >= 4 is 0 Å². The molecule has 3 aromatic rings. The van der Waals surface area contributed by atoms with Crippen LogP contribution in [0, 0.1) is 13.8 Å². The number of rotatable bonds is 2. The van der Waals surface area contributed by atoms with Gasteiger partial charge in [-0.05, 0) is 47.2 Å². The van der Waals surface area contributed by atoms with Crippen LogP contribution in [0.25, 0.3) is 22.3 Å².